The van der Waals surface area contributed by atoms with Crippen LogP contribution in [0, 0.1) is 34.5 Å². The predicted molar refractivity (Wildman–Crippen MR) is 72.4 cm³/mol. The number of hydrogen-bond donors (Lipinski definition) is 2. The number of nitrogens with one attached hydrogen (secondary N) is 2. The number of aromatic nitrogens is 2. The van der Waals surface area contributed by atoms with Gasteiger partial charge in [0.05, 0.1) is 6.33 Å². The van der Waals surface area contributed by atoms with Crippen molar-refractivity contribution in [3.8, 4) is 6.07 Å². The summed E-state index contributed by atoms with van der Waals surface area (Å²) in [6.45, 7) is 0.996. The average Bonchev–Trinajstić information content (AvgIpc) is 2.82. The lowest BCUT2D eigenvalue weighted by Gasteiger charge is -2.57. The highest BCUT2D eigenvalue weighted by Gasteiger charge is 2.50. The zero-order valence-electron chi connectivity index (χ0n) is 11.2. The fourth-order valence-corrected chi connectivity index (χ4v) is 5.29. The fraction of sp³-hybridized carbons (Fsp3) is 0.733. The molecule has 0 unspecified atom stereocenters. The van der Waals surface area contributed by atoms with Gasteiger partial charge in [0.15, 0.2) is 11.5 Å². The summed E-state index contributed by atoms with van der Waals surface area (Å²) in [5.41, 5.74) is 1.05. The Bertz CT molecular complexity index is 489. The van der Waals surface area contributed by atoms with E-state index in [4.69, 9.17) is 5.26 Å². The highest BCUT2D eigenvalue weighted by Crippen LogP contribution is 2.59. The molecule has 4 aliphatic rings. The molecule has 1 heterocycles. The number of aromatic amines is 1. The Labute approximate surface area is 113 Å². The second-order valence-corrected chi connectivity index (χ2v) is 7.01. The normalized spacial score (nSPS) is 39.2. The molecule has 0 amide bonds. The minimum Gasteiger partial charge on any atom is -0.367 e. The first-order valence-corrected chi connectivity index (χ1v) is 7.44. The second-order valence-electron chi connectivity index (χ2n) is 7.01. The van der Waals surface area contributed by atoms with Gasteiger partial charge in [-0.3, -0.25) is 0 Å². The Morgan fingerprint density at radius 1 is 1.26 bits per heavy atom. The summed E-state index contributed by atoms with van der Waals surface area (Å²) in [5, 5.41) is 12.4. The molecule has 0 aliphatic heterocycles. The van der Waals surface area contributed by atoms with Gasteiger partial charge in [-0.2, -0.15) is 5.26 Å². The van der Waals surface area contributed by atoms with E-state index in [9.17, 15) is 0 Å². The van der Waals surface area contributed by atoms with E-state index in [2.05, 4.69) is 21.4 Å². The second kappa shape index (κ2) is 4.00. The summed E-state index contributed by atoms with van der Waals surface area (Å²) in [4.78, 5) is 7.09. The third-order valence-electron chi connectivity index (χ3n) is 5.55. The number of anilines is 1. The van der Waals surface area contributed by atoms with Gasteiger partial charge in [-0.1, -0.05) is 0 Å². The van der Waals surface area contributed by atoms with Crippen LogP contribution in [0.4, 0.5) is 5.82 Å². The number of H-pyrrole nitrogens is 1. The van der Waals surface area contributed by atoms with Gasteiger partial charge in [-0.25, -0.2) is 4.98 Å². The van der Waals surface area contributed by atoms with Gasteiger partial charge in [0.1, 0.15) is 6.07 Å². The maximum absolute atomic E-state index is 9.01. The van der Waals surface area contributed by atoms with E-state index < -0.39 is 0 Å². The minimum absolute atomic E-state index is 0.487. The summed E-state index contributed by atoms with van der Waals surface area (Å²) < 4.78 is 0. The number of nitriles is 1. The first kappa shape index (κ1) is 11.3. The van der Waals surface area contributed by atoms with Crippen molar-refractivity contribution in [3.63, 3.8) is 0 Å². The summed E-state index contributed by atoms with van der Waals surface area (Å²) in [6.07, 6.45) is 10.2. The third kappa shape index (κ3) is 1.83. The van der Waals surface area contributed by atoms with Crippen LogP contribution < -0.4 is 5.32 Å². The molecule has 0 radical (unpaired) electrons. The van der Waals surface area contributed by atoms with E-state index in [1.54, 1.807) is 6.33 Å². The molecule has 2 N–H and O–H groups in total. The Balaban J connectivity index is 1.50. The van der Waals surface area contributed by atoms with Crippen LogP contribution in [0.3, 0.4) is 0 Å². The summed E-state index contributed by atoms with van der Waals surface area (Å²) in [6, 6.07) is 2.15. The van der Waals surface area contributed by atoms with Crippen LogP contribution in [0.15, 0.2) is 6.33 Å². The average molecular weight is 256 g/mol. The molecule has 4 nitrogen and oxygen atoms in total. The maximum Gasteiger partial charge on any atom is 0.162 e. The molecule has 0 atom stereocenters. The van der Waals surface area contributed by atoms with E-state index in [0.717, 1.165) is 30.1 Å². The van der Waals surface area contributed by atoms with Gasteiger partial charge in [0.25, 0.3) is 0 Å². The smallest absolute Gasteiger partial charge is 0.162 e. The lowest BCUT2D eigenvalue weighted by atomic mass is 9.49. The van der Waals surface area contributed by atoms with E-state index in [0.29, 0.717) is 11.1 Å². The molecule has 5 rings (SSSR count). The Kier molecular flexibility index (Phi) is 2.38. The van der Waals surface area contributed by atoms with Crippen molar-refractivity contribution in [2.45, 2.75) is 38.5 Å². The molecular formula is C15H20N4. The molecule has 4 bridgehead atoms. The largest absolute Gasteiger partial charge is 0.367 e. The third-order valence-corrected chi connectivity index (χ3v) is 5.55. The van der Waals surface area contributed by atoms with E-state index >= 15 is 0 Å². The van der Waals surface area contributed by atoms with Crippen LogP contribution in [0.2, 0.25) is 0 Å². The van der Waals surface area contributed by atoms with Gasteiger partial charge < -0.3 is 10.3 Å². The predicted octanol–water partition coefficient (Wildman–Crippen LogP) is 2.91. The highest BCUT2D eigenvalue weighted by molar-refractivity contribution is 5.47. The molecule has 100 valence electrons. The SMILES string of the molecule is N#Cc1[nH]cnc1NCC12CC3CC(CC(C3)C1)C2. The first-order chi connectivity index (χ1) is 9.26. The maximum atomic E-state index is 9.01. The molecule has 4 aliphatic carbocycles. The van der Waals surface area contributed by atoms with Crippen molar-refractivity contribution in [2.24, 2.45) is 23.2 Å². The molecule has 4 heteroatoms. The summed E-state index contributed by atoms with van der Waals surface area (Å²) >= 11 is 0. The van der Waals surface area contributed by atoms with Crippen LogP contribution in [-0.4, -0.2) is 16.5 Å². The van der Waals surface area contributed by atoms with Crippen molar-refractivity contribution in [1.82, 2.24) is 9.97 Å². The van der Waals surface area contributed by atoms with Crippen molar-refractivity contribution >= 4 is 5.82 Å². The lowest BCUT2D eigenvalue weighted by molar-refractivity contribution is -0.0444. The van der Waals surface area contributed by atoms with Crippen LogP contribution >= 0.6 is 0 Å². The quantitative estimate of drug-likeness (QED) is 0.874. The van der Waals surface area contributed by atoms with Gasteiger partial charge in [0, 0.05) is 6.54 Å². The van der Waals surface area contributed by atoms with E-state index in [-0.39, 0.29) is 0 Å². The van der Waals surface area contributed by atoms with Gasteiger partial charge in [0.2, 0.25) is 0 Å². The topological polar surface area (TPSA) is 64.5 Å². The number of rotatable bonds is 3. The van der Waals surface area contributed by atoms with Crippen molar-refractivity contribution in [2.75, 3.05) is 11.9 Å². The fourth-order valence-electron chi connectivity index (χ4n) is 5.29. The Morgan fingerprint density at radius 2 is 1.89 bits per heavy atom. The molecule has 1 aromatic rings. The van der Waals surface area contributed by atoms with Crippen molar-refractivity contribution in [3.05, 3.63) is 12.0 Å². The molecule has 4 saturated carbocycles. The van der Waals surface area contributed by atoms with Gasteiger partial charge in [-0.05, 0) is 61.7 Å². The summed E-state index contributed by atoms with van der Waals surface area (Å²) in [7, 11) is 0. The van der Waals surface area contributed by atoms with Crippen LogP contribution in [-0.2, 0) is 0 Å². The summed E-state index contributed by atoms with van der Waals surface area (Å²) in [5.74, 6) is 3.66. The van der Waals surface area contributed by atoms with Gasteiger partial charge >= 0.3 is 0 Å². The zero-order valence-corrected chi connectivity index (χ0v) is 11.2. The van der Waals surface area contributed by atoms with Gasteiger partial charge in [-0.15, -0.1) is 0 Å². The molecule has 4 fully saturated rings. The van der Waals surface area contributed by atoms with Crippen LogP contribution in [0.5, 0.6) is 0 Å². The van der Waals surface area contributed by atoms with E-state index in [1.807, 2.05) is 0 Å². The van der Waals surface area contributed by atoms with Crippen molar-refractivity contribution < 1.29 is 0 Å². The Morgan fingerprint density at radius 3 is 2.47 bits per heavy atom. The van der Waals surface area contributed by atoms with Crippen molar-refractivity contribution in [1.29, 1.82) is 5.26 Å². The van der Waals surface area contributed by atoms with E-state index in [1.165, 1.54) is 38.5 Å². The lowest BCUT2D eigenvalue weighted by Crippen LogP contribution is -2.49. The zero-order chi connectivity index (χ0) is 12.9. The van der Waals surface area contributed by atoms with Crippen LogP contribution in [0.1, 0.15) is 44.2 Å². The Hall–Kier alpha value is -1.50. The molecule has 0 spiro atoms. The first-order valence-electron chi connectivity index (χ1n) is 7.44. The molecular weight excluding hydrogens is 236 g/mol. The molecule has 1 aromatic heterocycles. The van der Waals surface area contributed by atoms with Crippen LogP contribution in [0.25, 0.3) is 0 Å². The molecule has 19 heavy (non-hydrogen) atoms. The molecule has 0 aromatic carbocycles. The standard InChI is InChI=1S/C15H20N4/c16-7-13-14(19-9-18-13)17-8-15-4-10-1-11(5-15)3-12(2-10)6-15/h9-12,17H,1-6,8H2,(H,18,19). The number of imidazole rings is 1. The number of nitrogens with zero attached hydrogens (tertiary/aromatic N) is 2. The minimum atomic E-state index is 0.487. The highest BCUT2D eigenvalue weighted by atomic mass is 15.1. The monoisotopic (exact) mass is 256 g/mol. The molecule has 0 saturated heterocycles. The number of hydrogen-bond acceptors (Lipinski definition) is 3.